The van der Waals surface area contributed by atoms with E-state index in [-0.39, 0.29) is 23.5 Å². The summed E-state index contributed by atoms with van der Waals surface area (Å²) >= 11 is 0. The summed E-state index contributed by atoms with van der Waals surface area (Å²) in [5, 5.41) is 8.19. The van der Waals surface area contributed by atoms with Gasteiger partial charge in [0.25, 0.3) is 11.8 Å². The van der Waals surface area contributed by atoms with Crippen molar-refractivity contribution in [1.82, 2.24) is 0 Å². The lowest BCUT2D eigenvalue weighted by Gasteiger charge is -2.11. The van der Waals surface area contributed by atoms with Crippen molar-refractivity contribution < 1.29 is 18.8 Å². The summed E-state index contributed by atoms with van der Waals surface area (Å²) in [6.45, 7) is 3.26. The highest BCUT2D eigenvalue weighted by atomic mass is 16.3. The van der Waals surface area contributed by atoms with Crippen molar-refractivity contribution in [2.45, 2.75) is 13.8 Å². The van der Waals surface area contributed by atoms with Crippen LogP contribution in [0.2, 0.25) is 0 Å². The number of amides is 3. The van der Waals surface area contributed by atoms with Gasteiger partial charge in [-0.05, 0) is 61.0 Å². The van der Waals surface area contributed by atoms with Crippen LogP contribution in [0.3, 0.4) is 0 Å². The first-order valence-electron chi connectivity index (χ1n) is 8.57. The van der Waals surface area contributed by atoms with E-state index in [1.807, 2.05) is 6.92 Å². The monoisotopic (exact) mass is 377 g/mol. The molecule has 7 heteroatoms. The molecule has 0 saturated carbocycles. The zero-order valence-corrected chi connectivity index (χ0v) is 15.4. The molecule has 3 rings (SSSR count). The summed E-state index contributed by atoms with van der Waals surface area (Å²) in [6, 6.07) is 15.0. The molecule has 0 aliphatic heterocycles. The van der Waals surface area contributed by atoms with E-state index in [1.165, 1.54) is 13.2 Å². The Balaban J connectivity index is 1.71. The van der Waals surface area contributed by atoms with Crippen LogP contribution < -0.4 is 16.0 Å². The van der Waals surface area contributed by atoms with Crippen molar-refractivity contribution in [2.24, 2.45) is 0 Å². The zero-order chi connectivity index (χ0) is 20.1. The van der Waals surface area contributed by atoms with Crippen molar-refractivity contribution >= 4 is 34.8 Å². The van der Waals surface area contributed by atoms with E-state index in [0.29, 0.717) is 22.6 Å². The molecule has 142 valence electrons. The molecule has 0 atom stereocenters. The van der Waals surface area contributed by atoms with Gasteiger partial charge in [0.05, 0.1) is 6.26 Å². The Morgan fingerprint density at radius 3 is 2.11 bits per heavy atom. The SMILES string of the molecule is CC(=O)Nc1ccc(NC(=O)c2ccc(C)c(NC(=O)c3ccco3)c2)cc1. The summed E-state index contributed by atoms with van der Waals surface area (Å²) in [5.41, 5.74) is 2.96. The van der Waals surface area contributed by atoms with E-state index in [2.05, 4.69) is 16.0 Å². The second kappa shape index (κ2) is 8.22. The molecule has 0 spiro atoms. The summed E-state index contributed by atoms with van der Waals surface area (Å²) in [5.74, 6) is -0.686. The zero-order valence-electron chi connectivity index (χ0n) is 15.4. The number of benzene rings is 2. The molecule has 0 saturated heterocycles. The predicted molar refractivity (Wildman–Crippen MR) is 107 cm³/mol. The quantitative estimate of drug-likeness (QED) is 0.624. The van der Waals surface area contributed by atoms with Crippen molar-refractivity contribution in [3.63, 3.8) is 0 Å². The summed E-state index contributed by atoms with van der Waals surface area (Å²) in [7, 11) is 0. The van der Waals surface area contributed by atoms with Gasteiger partial charge >= 0.3 is 0 Å². The Morgan fingerprint density at radius 1 is 0.821 bits per heavy atom. The molecule has 0 radical (unpaired) electrons. The van der Waals surface area contributed by atoms with E-state index < -0.39 is 0 Å². The topological polar surface area (TPSA) is 100 Å². The van der Waals surface area contributed by atoms with Crippen LogP contribution >= 0.6 is 0 Å². The van der Waals surface area contributed by atoms with E-state index in [1.54, 1.807) is 54.6 Å². The number of hydrogen-bond donors (Lipinski definition) is 3. The lowest BCUT2D eigenvalue weighted by atomic mass is 10.1. The normalized spacial score (nSPS) is 10.2. The number of anilines is 3. The van der Waals surface area contributed by atoms with E-state index in [0.717, 1.165) is 5.56 Å². The number of nitrogens with one attached hydrogen (secondary N) is 3. The Hall–Kier alpha value is -3.87. The minimum absolute atomic E-state index is 0.166. The molecular formula is C21H19N3O4. The van der Waals surface area contributed by atoms with Gasteiger partial charge in [-0.2, -0.15) is 0 Å². The van der Waals surface area contributed by atoms with Gasteiger partial charge < -0.3 is 20.4 Å². The molecule has 0 aliphatic rings. The number of furan rings is 1. The second-order valence-electron chi connectivity index (χ2n) is 6.17. The highest BCUT2D eigenvalue weighted by Crippen LogP contribution is 2.20. The highest BCUT2D eigenvalue weighted by Gasteiger charge is 2.13. The molecular weight excluding hydrogens is 358 g/mol. The molecule has 0 aliphatic carbocycles. The Bertz CT molecular complexity index is 1010. The largest absolute Gasteiger partial charge is 0.459 e. The molecule has 0 fully saturated rings. The molecule has 3 aromatic rings. The van der Waals surface area contributed by atoms with Gasteiger partial charge in [-0.1, -0.05) is 6.07 Å². The first kappa shape index (κ1) is 18.9. The fourth-order valence-electron chi connectivity index (χ4n) is 2.53. The molecule has 2 aromatic carbocycles. The van der Waals surface area contributed by atoms with Gasteiger partial charge in [-0.25, -0.2) is 0 Å². The molecule has 3 amide bonds. The molecule has 1 heterocycles. The lowest BCUT2D eigenvalue weighted by Crippen LogP contribution is -2.15. The number of carbonyl (C=O) groups excluding carboxylic acids is 3. The van der Waals surface area contributed by atoms with Gasteiger partial charge in [-0.3, -0.25) is 14.4 Å². The van der Waals surface area contributed by atoms with Crippen molar-refractivity contribution in [1.29, 1.82) is 0 Å². The number of rotatable bonds is 5. The minimum Gasteiger partial charge on any atom is -0.459 e. The van der Waals surface area contributed by atoms with Crippen molar-refractivity contribution in [3.05, 3.63) is 77.7 Å². The third-order valence-corrected chi connectivity index (χ3v) is 3.96. The van der Waals surface area contributed by atoms with Gasteiger partial charge in [-0.15, -0.1) is 0 Å². The smallest absolute Gasteiger partial charge is 0.291 e. The van der Waals surface area contributed by atoms with E-state index >= 15 is 0 Å². The predicted octanol–water partition coefficient (Wildman–Crippen LogP) is 4.05. The average molecular weight is 377 g/mol. The summed E-state index contributed by atoms with van der Waals surface area (Å²) in [4.78, 5) is 35.8. The second-order valence-corrected chi connectivity index (χ2v) is 6.17. The molecule has 7 nitrogen and oxygen atoms in total. The first-order chi connectivity index (χ1) is 13.4. The van der Waals surface area contributed by atoms with Crippen LogP contribution in [0.1, 0.15) is 33.4 Å². The third kappa shape index (κ3) is 4.64. The van der Waals surface area contributed by atoms with Crippen LogP contribution in [0.5, 0.6) is 0 Å². The summed E-state index contributed by atoms with van der Waals surface area (Å²) in [6.07, 6.45) is 1.42. The van der Waals surface area contributed by atoms with Crippen LogP contribution in [0.25, 0.3) is 0 Å². The van der Waals surface area contributed by atoms with E-state index in [9.17, 15) is 14.4 Å². The number of hydrogen-bond acceptors (Lipinski definition) is 4. The molecule has 1 aromatic heterocycles. The summed E-state index contributed by atoms with van der Waals surface area (Å²) < 4.78 is 5.08. The molecule has 0 bridgehead atoms. The highest BCUT2D eigenvalue weighted by molar-refractivity contribution is 6.07. The van der Waals surface area contributed by atoms with Gasteiger partial charge in [0.15, 0.2) is 5.76 Å². The first-order valence-corrected chi connectivity index (χ1v) is 8.57. The molecule has 28 heavy (non-hydrogen) atoms. The standard InChI is InChI=1S/C21H19N3O4/c1-13-5-6-15(12-18(13)24-21(27)19-4-3-11-28-19)20(26)23-17-9-7-16(8-10-17)22-14(2)25/h3-12H,1-2H3,(H,22,25)(H,23,26)(H,24,27). The average Bonchev–Trinajstić information content (AvgIpc) is 3.19. The van der Waals surface area contributed by atoms with Crippen LogP contribution in [0, 0.1) is 6.92 Å². The van der Waals surface area contributed by atoms with Crippen molar-refractivity contribution in [2.75, 3.05) is 16.0 Å². The molecule has 0 unspecified atom stereocenters. The maximum Gasteiger partial charge on any atom is 0.291 e. The Labute approximate surface area is 161 Å². The third-order valence-electron chi connectivity index (χ3n) is 3.96. The van der Waals surface area contributed by atoms with Crippen LogP contribution in [0.15, 0.2) is 65.3 Å². The van der Waals surface area contributed by atoms with Gasteiger partial charge in [0.2, 0.25) is 5.91 Å². The lowest BCUT2D eigenvalue weighted by molar-refractivity contribution is -0.114. The van der Waals surface area contributed by atoms with Gasteiger partial charge in [0.1, 0.15) is 0 Å². The maximum absolute atomic E-state index is 12.5. The maximum atomic E-state index is 12.5. The number of carbonyl (C=O) groups is 3. The fourth-order valence-corrected chi connectivity index (χ4v) is 2.53. The van der Waals surface area contributed by atoms with Crippen LogP contribution in [0.4, 0.5) is 17.1 Å². The number of aryl methyl sites for hydroxylation is 1. The van der Waals surface area contributed by atoms with Crippen molar-refractivity contribution in [3.8, 4) is 0 Å². The Kier molecular flexibility index (Phi) is 5.55. The van der Waals surface area contributed by atoms with E-state index in [4.69, 9.17) is 4.42 Å². The fraction of sp³-hybridized carbons (Fsp3) is 0.0952. The minimum atomic E-state index is -0.390. The van der Waals surface area contributed by atoms with Gasteiger partial charge in [0, 0.05) is 29.5 Å². The van der Waals surface area contributed by atoms with Crippen LogP contribution in [-0.2, 0) is 4.79 Å². The molecule has 3 N–H and O–H groups in total. The van der Waals surface area contributed by atoms with Crippen LogP contribution in [-0.4, -0.2) is 17.7 Å². The Morgan fingerprint density at radius 2 is 1.50 bits per heavy atom.